The van der Waals surface area contributed by atoms with Crippen LogP contribution in [0.3, 0.4) is 0 Å². The van der Waals surface area contributed by atoms with Gasteiger partial charge in [-0.2, -0.15) is 0 Å². The number of phosphoric acid groups is 1. The molecule has 18 heteroatoms. The lowest BCUT2D eigenvalue weighted by molar-refractivity contribution is -0.213. The fraction of sp³-hybridized carbons (Fsp3) is 0.822. The average molecular weight is 923 g/mol. The topological polar surface area (TPSA) is 279 Å². The van der Waals surface area contributed by atoms with E-state index in [1.807, 2.05) is 6.92 Å². The molecule has 366 valence electrons. The number of allylic oxidation sites excluding steroid dienone is 4. The maximum atomic E-state index is 13.5. The Kier molecular flexibility index (Phi) is 29.5. The quantitative estimate of drug-likeness (QED) is 0.0346. The molecule has 0 spiro atoms. The maximum absolute atomic E-state index is 13.5. The van der Waals surface area contributed by atoms with Gasteiger partial charge in [0.2, 0.25) is 0 Å². The van der Waals surface area contributed by atoms with Gasteiger partial charge in [-0.1, -0.05) is 108 Å². The lowest BCUT2D eigenvalue weighted by Gasteiger charge is -2.39. The van der Waals surface area contributed by atoms with Crippen LogP contribution in [0.25, 0.3) is 0 Å². The van der Waals surface area contributed by atoms with Crippen molar-refractivity contribution in [3.8, 4) is 0 Å². The Morgan fingerprint density at radius 2 is 1.46 bits per heavy atom. The van der Waals surface area contributed by atoms with Gasteiger partial charge in [-0.3, -0.25) is 18.6 Å². The number of aliphatic hydroxyl groups is 8. The number of phosphoric ester groups is 1. The van der Waals surface area contributed by atoms with Crippen molar-refractivity contribution in [2.75, 3.05) is 13.2 Å². The van der Waals surface area contributed by atoms with Crippen LogP contribution in [0.4, 0.5) is 0 Å². The molecular weight excluding hydrogens is 843 g/mol. The predicted molar refractivity (Wildman–Crippen MR) is 234 cm³/mol. The zero-order chi connectivity index (χ0) is 46.6. The van der Waals surface area contributed by atoms with E-state index in [1.165, 1.54) is 31.8 Å². The first-order valence-electron chi connectivity index (χ1n) is 23.2. The minimum atomic E-state index is -5.47. The van der Waals surface area contributed by atoms with Crippen LogP contribution in [0.1, 0.15) is 149 Å². The van der Waals surface area contributed by atoms with Crippen molar-refractivity contribution in [2.45, 2.75) is 216 Å². The fourth-order valence-corrected chi connectivity index (χ4v) is 8.36. The van der Waals surface area contributed by atoms with E-state index in [9.17, 15) is 59.9 Å². The highest BCUT2D eigenvalue weighted by Crippen LogP contribution is 2.47. The van der Waals surface area contributed by atoms with E-state index < -0.39 is 113 Å². The second kappa shape index (κ2) is 32.6. The van der Waals surface area contributed by atoms with Gasteiger partial charge in [-0.25, -0.2) is 4.57 Å². The van der Waals surface area contributed by atoms with Crippen LogP contribution in [0, 0.1) is 5.92 Å². The normalized spacial score (nSPS) is 33.0. The molecule has 1 saturated heterocycles. The Morgan fingerprint density at radius 3 is 2.16 bits per heavy atom. The van der Waals surface area contributed by atoms with Crippen molar-refractivity contribution in [2.24, 2.45) is 5.92 Å². The minimum absolute atomic E-state index is 0.0120. The molecule has 2 heterocycles. The van der Waals surface area contributed by atoms with Gasteiger partial charge in [0.15, 0.2) is 12.4 Å². The fourth-order valence-electron chi connectivity index (χ4n) is 7.39. The van der Waals surface area contributed by atoms with Gasteiger partial charge >= 0.3 is 19.8 Å². The first-order chi connectivity index (χ1) is 30.1. The Balaban J connectivity index is 2.28. The van der Waals surface area contributed by atoms with E-state index in [4.69, 9.17) is 23.3 Å². The molecule has 2 aliphatic heterocycles. The molecule has 0 aliphatic carbocycles. The van der Waals surface area contributed by atoms with Crippen molar-refractivity contribution in [3.63, 3.8) is 0 Å². The molecule has 1 fully saturated rings. The highest BCUT2D eigenvalue weighted by atomic mass is 31.2. The van der Waals surface area contributed by atoms with Crippen molar-refractivity contribution < 1.29 is 83.2 Å². The summed E-state index contributed by atoms with van der Waals surface area (Å²) in [7, 11) is -5.47. The molecule has 0 aromatic carbocycles. The zero-order valence-electron chi connectivity index (χ0n) is 37.4. The molecular formula is C45H79O17P. The van der Waals surface area contributed by atoms with Gasteiger partial charge in [0, 0.05) is 25.2 Å². The molecule has 63 heavy (non-hydrogen) atoms. The average Bonchev–Trinajstić information content (AvgIpc) is 3.24. The number of hydrogen-bond acceptors (Lipinski definition) is 16. The molecule has 17 nitrogen and oxygen atoms in total. The first kappa shape index (κ1) is 57.0. The highest BCUT2D eigenvalue weighted by molar-refractivity contribution is 7.47. The summed E-state index contributed by atoms with van der Waals surface area (Å²) in [6, 6.07) is 0. The van der Waals surface area contributed by atoms with E-state index in [1.54, 1.807) is 12.2 Å². The molecule has 0 amide bonds. The molecule has 0 aromatic heterocycles. The number of esters is 2. The molecule has 13 atom stereocenters. The lowest BCUT2D eigenvalue weighted by atomic mass is 9.83. The van der Waals surface area contributed by atoms with Crippen LogP contribution in [0.15, 0.2) is 36.5 Å². The number of aliphatic hydroxyl groups excluding tert-OH is 8. The number of fused-ring (bicyclic) bond motifs is 4. The van der Waals surface area contributed by atoms with Crippen molar-refractivity contribution >= 4 is 19.8 Å². The molecule has 0 radical (unpaired) electrons. The van der Waals surface area contributed by atoms with Crippen LogP contribution >= 0.6 is 7.82 Å². The van der Waals surface area contributed by atoms with Crippen LogP contribution in [-0.4, -0.2) is 138 Å². The highest BCUT2D eigenvalue weighted by Gasteiger charge is 2.48. The summed E-state index contributed by atoms with van der Waals surface area (Å²) >= 11 is 0. The smallest absolute Gasteiger partial charge is 0.462 e. The van der Waals surface area contributed by atoms with Gasteiger partial charge in [0.25, 0.3) is 0 Å². The van der Waals surface area contributed by atoms with Gasteiger partial charge in [-0.05, 0) is 57.8 Å². The second-order valence-corrected chi connectivity index (χ2v) is 18.2. The number of carbonyl (C=O) groups excluding carboxylic acids is 2. The molecule has 2 unspecified atom stereocenters. The van der Waals surface area contributed by atoms with E-state index in [-0.39, 0.29) is 19.3 Å². The van der Waals surface area contributed by atoms with Gasteiger partial charge < -0.3 is 60.0 Å². The summed E-state index contributed by atoms with van der Waals surface area (Å²) in [5, 5.41) is 89.3. The van der Waals surface area contributed by atoms with Crippen LogP contribution < -0.4 is 0 Å². The third kappa shape index (κ3) is 23.8. The van der Waals surface area contributed by atoms with Crippen LogP contribution in [-0.2, 0) is 37.4 Å². The van der Waals surface area contributed by atoms with E-state index in [0.717, 1.165) is 57.4 Å². The summed E-state index contributed by atoms with van der Waals surface area (Å²) in [5.74, 6) is -2.65. The Bertz CT molecular complexity index is 1380. The molecule has 2 bridgehead atoms. The van der Waals surface area contributed by atoms with Gasteiger partial charge in [-0.15, -0.1) is 0 Å². The first-order valence-corrected chi connectivity index (χ1v) is 24.7. The number of unbranched alkanes of at least 4 members (excludes halogenated alkanes) is 11. The summed E-state index contributed by atoms with van der Waals surface area (Å²) < 4.78 is 40.3. The van der Waals surface area contributed by atoms with E-state index in [2.05, 4.69) is 19.1 Å². The van der Waals surface area contributed by atoms with E-state index >= 15 is 0 Å². The molecule has 0 aromatic rings. The summed E-state index contributed by atoms with van der Waals surface area (Å²) in [4.78, 5) is 36.4. The molecule has 2 rings (SSSR count). The van der Waals surface area contributed by atoms with Crippen LogP contribution in [0.5, 0.6) is 0 Å². The maximum Gasteiger partial charge on any atom is 0.472 e. The van der Waals surface area contributed by atoms with Crippen molar-refractivity contribution in [3.05, 3.63) is 36.5 Å². The minimum Gasteiger partial charge on any atom is -0.462 e. The number of carbonyl (C=O) groups is 2. The van der Waals surface area contributed by atoms with Crippen molar-refractivity contribution in [1.29, 1.82) is 0 Å². The lowest BCUT2D eigenvalue weighted by Crippen LogP contribution is -2.58. The summed E-state index contributed by atoms with van der Waals surface area (Å²) in [6.45, 7) is 2.75. The predicted octanol–water partition coefficient (Wildman–Crippen LogP) is 4.72. The Morgan fingerprint density at radius 1 is 0.825 bits per heavy atom. The monoisotopic (exact) mass is 923 g/mol. The standard InChI is InChI=1S/C45H79O17P/c1-3-5-7-8-9-10-11-12-13-14-15-16-22-26-38(49)60-33-30-58-37(48)25-21-18-17-20-24-34-35(47)29-39(50)61-36(28-27-32(46)23-19-6-4-2)41(52)43(54)45(44(55)42(53)40(34)51)62-63(56,57)59-31-33/h10-11,17,20,27-28,32-36,39-47,50-55H,3-9,12-16,18-19,21-26,29-31H2,1-2H3,(H,56,57)/b11-10-,20-17?,28-27+/t32-,33+,34-,35-,36+,39?,40+,41+,42-,43+,44+,45+/m0/s1. The summed E-state index contributed by atoms with van der Waals surface area (Å²) in [5.41, 5.74) is 0. The second-order valence-electron chi connectivity index (χ2n) is 16.8. The Labute approximate surface area is 373 Å². The van der Waals surface area contributed by atoms with Gasteiger partial charge in [0.05, 0.1) is 24.9 Å². The SMILES string of the molecule is CCCCCC/C=C\CCCCCCCC(=O)O[C@@H]1COC(=O)CCCC=CC[C@@H]2[C@@H](O)[C@H](O)[C@@H](O)[C@H](OP(=O)(O)OC1)[C@H](O)[C@H](O)[C@@H](/C=C/[C@@H](O)CCCCC)OC(O)C[C@@H]2O. The largest absolute Gasteiger partial charge is 0.472 e. The number of rotatable bonds is 20. The third-order valence-corrected chi connectivity index (χ3v) is 12.2. The molecule has 9 N–H and O–H groups in total. The summed E-state index contributed by atoms with van der Waals surface area (Å²) in [6.07, 6.45) is 2.54. The number of ether oxygens (including phenoxy) is 3. The number of hydrogen-bond donors (Lipinski definition) is 9. The van der Waals surface area contributed by atoms with E-state index in [0.29, 0.717) is 32.1 Å². The third-order valence-electron chi connectivity index (χ3n) is 11.3. The Hall–Kier alpha value is -2.09. The van der Waals surface area contributed by atoms with Gasteiger partial charge in [0.1, 0.15) is 43.2 Å². The number of cyclic esters (lactones) is 1. The molecule has 0 saturated carbocycles. The molecule has 2 aliphatic rings. The van der Waals surface area contributed by atoms with Crippen molar-refractivity contribution in [1.82, 2.24) is 0 Å². The zero-order valence-corrected chi connectivity index (χ0v) is 38.3. The van der Waals surface area contributed by atoms with Crippen LogP contribution in [0.2, 0.25) is 0 Å².